The van der Waals surface area contributed by atoms with Gasteiger partial charge >= 0.3 is 0 Å². The predicted molar refractivity (Wildman–Crippen MR) is 144 cm³/mol. The van der Waals surface area contributed by atoms with Gasteiger partial charge in [0.25, 0.3) is 0 Å². The normalized spacial score (nSPS) is 10.7. The lowest BCUT2D eigenvalue weighted by Crippen LogP contribution is -1.92. The zero-order valence-corrected chi connectivity index (χ0v) is 20.4. The second kappa shape index (κ2) is 10.7. The van der Waals surface area contributed by atoms with Crippen molar-refractivity contribution in [1.82, 2.24) is 0 Å². The Kier molecular flexibility index (Phi) is 7.04. The molecule has 5 rings (SSSR count). The van der Waals surface area contributed by atoms with Gasteiger partial charge in [-0.3, -0.25) is 0 Å². The van der Waals surface area contributed by atoms with E-state index in [1.165, 1.54) is 19.6 Å². The van der Waals surface area contributed by atoms with Crippen molar-refractivity contribution < 1.29 is 4.74 Å². The molecule has 34 heavy (non-hydrogen) atoms. The van der Waals surface area contributed by atoms with Crippen LogP contribution in [0.15, 0.2) is 141 Å². The van der Waals surface area contributed by atoms with Gasteiger partial charge < -0.3 is 4.74 Å². The molecule has 0 fully saturated rings. The second-order valence-corrected chi connectivity index (χ2v) is 9.97. The molecule has 0 aromatic heterocycles. The molecule has 0 bridgehead atoms. The Bertz CT molecular complexity index is 1350. The predicted octanol–water partition coefficient (Wildman–Crippen LogP) is 9.13. The lowest BCUT2D eigenvalue weighted by molar-refractivity contribution is 0.416. The summed E-state index contributed by atoms with van der Waals surface area (Å²) in [4.78, 5) is 4.88. The van der Waals surface area contributed by atoms with E-state index in [0.29, 0.717) is 0 Å². The highest BCUT2D eigenvalue weighted by molar-refractivity contribution is 7.99. The topological polar surface area (TPSA) is 9.23 Å². The van der Waals surface area contributed by atoms with Gasteiger partial charge in [-0.05, 0) is 71.8 Å². The Morgan fingerprint density at radius 2 is 1.00 bits per heavy atom. The molecule has 5 aromatic rings. The second-order valence-electron chi connectivity index (χ2n) is 7.68. The molecule has 0 heterocycles. The van der Waals surface area contributed by atoms with Crippen LogP contribution in [0.5, 0.6) is 5.75 Å². The molecule has 0 saturated carbocycles. The van der Waals surface area contributed by atoms with Gasteiger partial charge in [-0.2, -0.15) is 0 Å². The van der Waals surface area contributed by atoms with Gasteiger partial charge in [-0.1, -0.05) is 90.3 Å². The average molecular weight is 476 g/mol. The molecule has 5 aromatic carbocycles. The number of hydrogen-bond acceptors (Lipinski definition) is 3. The summed E-state index contributed by atoms with van der Waals surface area (Å²) in [5.41, 5.74) is 4.33. The van der Waals surface area contributed by atoms with Crippen molar-refractivity contribution >= 4 is 23.5 Å². The van der Waals surface area contributed by atoms with Crippen LogP contribution in [0.25, 0.3) is 22.3 Å². The highest BCUT2D eigenvalue weighted by Crippen LogP contribution is 2.40. The summed E-state index contributed by atoms with van der Waals surface area (Å²) in [5, 5.41) is 0. The molecule has 0 aliphatic heterocycles. The van der Waals surface area contributed by atoms with Crippen LogP contribution in [0, 0.1) is 6.07 Å². The Hall–Kier alpha value is -3.40. The first-order chi connectivity index (χ1) is 16.8. The van der Waals surface area contributed by atoms with Crippen LogP contribution >= 0.6 is 23.5 Å². The number of benzene rings is 5. The maximum absolute atomic E-state index is 5.76. The molecule has 0 amide bonds. The maximum Gasteiger partial charge on any atom is 0.127 e. The van der Waals surface area contributed by atoms with Crippen molar-refractivity contribution in [3.05, 3.63) is 127 Å². The van der Waals surface area contributed by atoms with Gasteiger partial charge in [0.05, 0.1) is 7.11 Å². The zero-order valence-electron chi connectivity index (χ0n) is 18.8. The standard InChI is InChI=1S/C31H23OS2/c1-32-30-14-8-13-29(23-15-19-27(20-16-23)33-25-9-4-2-5-10-25)31(30)24-17-21-28(22-18-24)34-26-11-6-3-7-12-26/h2-12,14-22H,1H3. The van der Waals surface area contributed by atoms with Crippen molar-refractivity contribution in [3.63, 3.8) is 0 Å². The van der Waals surface area contributed by atoms with E-state index in [1.54, 1.807) is 30.6 Å². The fourth-order valence-corrected chi connectivity index (χ4v) is 5.47. The van der Waals surface area contributed by atoms with E-state index in [9.17, 15) is 0 Å². The van der Waals surface area contributed by atoms with Crippen LogP contribution < -0.4 is 4.74 Å². The third-order valence-corrected chi connectivity index (χ3v) is 7.45. The van der Waals surface area contributed by atoms with Gasteiger partial charge in [0, 0.05) is 30.7 Å². The van der Waals surface area contributed by atoms with Crippen LogP contribution in [0.2, 0.25) is 0 Å². The first-order valence-electron chi connectivity index (χ1n) is 11.1. The van der Waals surface area contributed by atoms with Crippen LogP contribution in [-0.4, -0.2) is 7.11 Å². The number of ether oxygens (including phenoxy) is 1. The molecule has 1 radical (unpaired) electrons. The van der Waals surface area contributed by atoms with Crippen molar-refractivity contribution in [2.45, 2.75) is 19.6 Å². The van der Waals surface area contributed by atoms with E-state index < -0.39 is 0 Å². The lowest BCUT2D eigenvalue weighted by Gasteiger charge is -2.15. The smallest absolute Gasteiger partial charge is 0.127 e. The number of rotatable bonds is 7. The minimum atomic E-state index is 0.847. The summed E-state index contributed by atoms with van der Waals surface area (Å²) < 4.78 is 5.76. The van der Waals surface area contributed by atoms with E-state index in [0.717, 1.165) is 28.0 Å². The molecule has 0 atom stereocenters. The van der Waals surface area contributed by atoms with Crippen molar-refractivity contribution in [1.29, 1.82) is 0 Å². The fourth-order valence-electron chi connectivity index (χ4n) is 3.79. The first-order valence-corrected chi connectivity index (χ1v) is 12.7. The molecule has 0 aliphatic rings. The summed E-state index contributed by atoms with van der Waals surface area (Å²) in [7, 11) is 1.72. The Labute approximate surface area is 209 Å². The molecule has 0 saturated heterocycles. The van der Waals surface area contributed by atoms with Crippen LogP contribution in [0.4, 0.5) is 0 Å². The molecule has 0 N–H and O–H groups in total. The summed E-state index contributed by atoms with van der Waals surface area (Å²) in [5.74, 6) is 0.847. The van der Waals surface area contributed by atoms with Crippen LogP contribution in [0.3, 0.4) is 0 Å². The summed E-state index contributed by atoms with van der Waals surface area (Å²) >= 11 is 3.53. The third-order valence-electron chi connectivity index (χ3n) is 5.42. The first kappa shape index (κ1) is 22.4. The van der Waals surface area contributed by atoms with Crippen LogP contribution in [-0.2, 0) is 0 Å². The largest absolute Gasteiger partial charge is 0.496 e. The Morgan fingerprint density at radius 3 is 1.50 bits per heavy atom. The van der Waals surface area contributed by atoms with Crippen molar-refractivity contribution in [3.8, 4) is 28.0 Å². The maximum atomic E-state index is 5.76. The van der Waals surface area contributed by atoms with Gasteiger partial charge in [0.2, 0.25) is 0 Å². The number of hydrogen-bond donors (Lipinski definition) is 0. The molecular formula is C31H23OS2. The third kappa shape index (κ3) is 5.22. The van der Waals surface area contributed by atoms with Gasteiger partial charge in [-0.25, -0.2) is 0 Å². The van der Waals surface area contributed by atoms with E-state index in [-0.39, 0.29) is 0 Å². The van der Waals surface area contributed by atoms with Gasteiger partial charge in [0.15, 0.2) is 0 Å². The minimum absolute atomic E-state index is 0.847. The quantitative estimate of drug-likeness (QED) is 0.232. The zero-order chi connectivity index (χ0) is 23.2. The minimum Gasteiger partial charge on any atom is -0.496 e. The fraction of sp³-hybridized carbons (Fsp3) is 0.0323. The monoisotopic (exact) mass is 475 g/mol. The van der Waals surface area contributed by atoms with Crippen molar-refractivity contribution in [2.24, 2.45) is 0 Å². The molecule has 165 valence electrons. The lowest BCUT2D eigenvalue weighted by atomic mass is 9.94. The van der Waals surface area contributed by atoms with Crippen LogP contribution in [0.1, 0.15) is 0 Å². The molecule has 3 heteroatoms. The van der Waals surface area contributed by atoms with E-state index in [2.05, 4.69) is 103 Å². The molecular weight excluding hydrogens is 452 g/mol. The van der Waals surface area contributed by atoms with Gasteiger partial charge in [-0.15, -0.1) is 0 Å². The highest BCUT2D eigenvalue weighted by Gasteiger charge is 2.14. The number of methoxy groups -OCH3 is 1. The Balaban J connectivity index is 1.44. The Morgan fingerprint density at radius 1 is 0.529 bits per heavy atom. The SMILES string of the molecule is COc1cc[c]c(-c2ccc(Sc3ccccc3)cc2)c1-c1ccc(Sc2ccccc2)cc1. The molecule has 0 spiro atoms. The summed E-state index contributed by atoms with van der Waals surface area (Å²) in [6.07, 6.45) is 0. The van der Waals surface area contributed by atoms with Crippen molar-refractivity contribution in [2.75, 3.05) is 7.11 Å². The molecule has 1 nitrogen and oxygen atoms in total. The van der Waals surface area contributed by atoms with E-state index in [1.807, 2.05) is 24.3 Å². The van der Waals surface area contributed by atoms with E-state index >= 15 is 0 Å². The summed E-state index contributed by atoms with van der Waals surface area (Å²) in [6, 6.07) is 45.6. The average Bonchev–Trinajstić information content (AvgIpc) is 2.90. The van der Waals surface area contributed by atoms with E-state index in [4.69, 9.17) is 4.74 Å². The summed E-state index contributed by atoms with van der Waals surface area (Å²) in [6.45, 7) is 0. The van der Waals surface area contributed by atoms with Gasteiger partial charge in [0.1, 0.15) is 5.75 Å². The molecule has 0 unspecified atom stereocenters. The highest BCUT2D eigenvalue weighted by atomic mass is 32.2. The molecule has 0 aliphatic carbocycles.